The molecule has 3 aromatic rings. The molecule has 0 atom stereocenters. The van der Waals surface area contributed by atoms with Gasteiger partial charge in [0.25, 0.3) is 5.91 Å². The van der Waals surface area contributed by atoms with Gasteiger partial charge in [0.1, 0.15) is 6.54 Å². The van der Waals surface area contributed by atoms with Gasteiger partial charge in [-0.15, -0.1) is 0 Å². The Balaban J connectivity index is 1.30. The van der Waals surface area contributed by atoms with E-state index < -0.39 is 17.6 Å². The highest BCUT2D eigenvalue weighted by molar-refractivity contribution is 6.02. The van der Waals surface area contributed by atoms with Crippen LogP contribution in [-0.2, 0) is 17.5 Å². The van der Waals surface area contributed by atoms with Gasteiger partial charge in [-0.3, -0.25) is 14.6 Å². The molecule has 9 heteroatoms. The monoisotopic (exact) mass is 508 g/mol. The molecular formula is C28H27F3N4O2. The molecule has 0 radical (unpaired) electrons. The molecule has 1 fully saturated rings. The SMILES string of the molecule is O=C(c1ccc(C(F)(F)F)cc1)N1CC(=O)N(CC2CCN(c3ccncc3)CC2)c2ccccc2C1. The number of hydrogen-bond donors (Lipinski definition) is 0. The molecule has 2 aliphatic heterocycles. The molecule has 3 heterocycles. The molecule has 5 rings (SSSR count). The van der Waals surface area contributed by atoms with Crippen LogP contribution in [0.1, 0.15) is 34.3 Å². The van der Waals surface area contributed by atoms with Crippen LogP contribution in [0, 0.1) is 5.92 Å². The third-order valence-corrected chi connectivity index (χ3v) is 7.10. The third-order valence-electron chi connectivity index (χ3n) is 7.10. The van der Waals surface area contributed by atoms with Crippen molar-refractivity contribution in [3.8, 4) is 0 Å². The van der Waals surface area contributed by atoms with Crippen LogP contribution in [0.5, 0.6) is 0 Å². The van der Waals surface area contributed by atoms with Crippen molar-refractivity contribution in [1.29, 1.82) is 0 Å². The fourth-order valence-corrected chi connectivity index (χ4v) is 5.07. The fraction of sp³-hybridized carbons (Fsp3) is 0.321. The maximum atomic E-state index is 13.4. The molecule has 2 amide bonds. The molecule has 2 aromatic carbocycles. The summed E-state index contributed by atoms with van der Waals surface area (Å²) in [6, 6.07) is 15.6. The van der Waals surface area contributed by atoms with E-state index in [2.05, 4.69) is 9.88 Å². The smallest absolute Gasteiger partial charge is 0.371 e. The second-order valence-corrected chi connectivity index (χ2v) is 9.51. The Morgan fingerprint density at radius 3 is 2.27 bits per heavy atom. The lowest BCUT2D eigenvalue weighted by Gasteiger charge is -2.36. The predicted octanol–water partition coefficient (Wildman–Crippen LogP) is 5.01. The molecule has 1 aromatic heterocycles. The van der Waals surface area contributed by atoms with Crippen LogP contribution in [-0.4, -0.2) is 47.9 Å². The van der Waals surface area contributed by atoms with Crippen LogP contribution in [0.25, 0.3) is 0 Å². The van der Waals surface area contributed by atoms with Crippen LogP contribution in [0.4, 0.5) is 24.5 Å². The number of anilines is 2. The molecule has 1 saturated heterocycles. The molecule has 0 aliphatic carbocycles. The van der Waals surface area contributed by atoms with E-state index >= 15 is 0 Å². The van der Waals surface area contributed by atoms with E-state index in [0.717, 1.165) is 55.0 Å². The first-order valence-corrected chi connectivity index (χ1v) is 12.3. The first-order chi connectivity index (χ1) is 17.8. The van der Waals surface area contributed by atoms with Crippen molar-refractivity contribution < 1.29 is 22.8 Å². The average molecular weight is 509 g/mol. The number of nitrogens with zero attached hydrogens (tertiary/aromatic N) is 4. The van der Waals surface area contributed by atoms with Crippen molar-refractivity contribution >= 4 is 23.2 Å². The van der Waals surface area contributed by atoms with Crippen molar-refractivity contribution in [2.45, 2.75) is 25.6 Å². The second kappa shape index (κ2) is 10.2. The lowest BCUT2D eigenvalue weighted by molar-refractivity contribution is -0.137. The Kier molecular flexibility index (Phi) is 6.86. The molecule has 2 aliphatic rings. The standard InChI is InChI=1S/C28H27F3N4O2/c29-28(30,31)23-7-5-21(6-8-23)27(37)34-18-22-3-1-2-4-25(22)35(26(36)19-34)17-20-11-15-33(16-12-20)24-9-13-32-14-10-24/h1-10,13-14,20H,11-12,15-19H2. The lowest BCUT2D eigenvalue weighted by Crippen LogP contribution is -2.44. The summed E-state index contributed by atoms with van der Waals surface area (Å²) in [7, 11) is 0. The number of para-hydroxylation sites is 1. The number of alkyl halides is 3. The number of rotatable bonds is 4. The van der Waals surface area contributed by atoms with E-state index in [1.165, 1.54) is 17.0 Å². The first-order valence-electron chi connectivity index (χ1n) is 12.3. The summed E-state index contributed by atoms with van der Waals surface area (Å²) < 4.78 is 38.8. The van der Waals surface area contributed by atoms with Gasteiger partial charge in [0.2, 0.25) is 5.91 Å². The fourth-order valence-electron chi connectivity index (χ4n) is 5.07. The van der Waals surface area contributed by atoms with Crippen LogP contribution < -0.4 is 9.80 Å². The summed E-state index contributed by atoms with van der Waals surface area (Å²) in [5, 5.41) is 0. The predicted molar refractivity (Wildman–Crippen MR) is 134 cm³/mol. The van der Waals surface area contributed by atoms with Crippen molar-refractivity contribution in [3.63, 3.8) is 0 Å². The van der Waals surface area contributed by atoms with E-state index in [1.807, 2.05) is 36.4 Å². The number of pyridine rings is 1. The number of halogens is 3. The number of aromatic nitrogens is 1. The van der Waals surface area contributed by atoms with Gasteiger partial charge in [-0.25, -0.2) is 0 Å². The highest BCUT2D eigenvalue weighted by atomic mass is 19.4. The zero-order valence-electron chi connectivity index (χ0n) is 20.2. The third kappa shape index (κ3) is 5.45. The number of benzene rings is 2. The lowest BCUT2D eigenvalue weighted by atomic mass is 9.95. The van der Waals surface area contributed by atoms with Crippen LogP contribution in [0.15, 0.2) is 73.1 Å². The van der Waals surface area contributed by atoms with E-state index in [9.17, 15) is 22.8 Å². The van der Waals surface area contributed by atoms with Gasteiger partial charge in [-0.2, -0.15) is 13.2 Å². The number of amides is 2. The Labute approximate surface area is 213 Å². The minimum Gasteiger partial charge on any atom is -0.371 e. The topological polar surface area (TPSA) is 56.8 Å². The van der Waals surface area contributed by atoms with Crippen molar-refractivity contribution in [1.82, 2.24) is 9.88 Å². The molecule has 0 unspecified atom stereocenters. The largest absolute Gasteiger partial charge is 0.416 e. The molecular weight excluding hydrogens is 481 g/mol. The van der Waals surface area contributed by atoms with Crippen molar-refractivity contribution in [2.75, 3.05) is 36.0 Å². The van der Waals surface area contributed by atoms with Gasteiger partial charge in [0.15, 0.2) is 0 Å². The van der Waals surface area contributed by atoms with E-state index in [1.54, 1.807) is 17.3 Å². The summed E-state index contributed by atoms with van der Waals surface area (Å²) >= 11 is 0. The summed E-state index contributed by atoms with van der Waals surface area (Å²) in [5.74, 6) is -0.349. The molecule has 0 saturated carbocycles. The number of fused-ring (bicyclic) bond motifs is 1. The Bertz CT molecular complexity index is 1260. The van der Waals surface area contributed by atoms with Crippen LogP contribution in [0.2, 0.25) is 0 Å². The highest BCUT2D eigenvalue weighted by Gasteiger charge is 2.33. The quantitative estimate of drug-likeness (QED) is 0.498. The van der Waals surface area contributed by atoms with E-state index in [-0.39, 0.29) is 24.6 Å². The molecule has 6 nitrogen and oxygen atoms in total. The summed E-state index contributed by atoms with van der Waals surface area (Å²) in [6.07, 6.45) is 0.955. The molecule has 192 valence electrons. The number of hydrogen-bond acceptors (Lipinski definition) is 4. The zero-order chi connectivity index (χ0) is 26.0. The second-order valence-electron chi connectivity index (χ2n) is 9.51. The normalized spacial score (nSPS) is 16.9. The maximum Gasteiger partial charge on any atom is 0.416 e. The average Bonchev–Trinajstić information content (AvgIpc) is 3.05. The maximum absolute atomic E-state index is 13.4. The van der Waals surface area contributed by atoms with Gasteiger partial charge < -0.3 is 14.7 Å². The van der Waals surface area contributed by atoms with Gasteiger partial charge in [0, 0.05) is 55.5 Å². The zero-order valence-corrected chi connectivity index (χ0v) is 20.2. The number of piperidine rings is 1. The van der Waals surface area contributed by atoms with Gasteiger partial charge >= 0.3 is 6.18 Å². The van der Waals surface area contributed by atoms with Gasteiger partial charge in [-0.05, 0) is 66.8 Å². The Morgan fingerprint density at radius 1 is 0.919 bits per heavy atom. The van der Waals surface area contributed by atoms with E-state index in [4.69, 9.17) is 0 Å². The van der Waals surface area contributed by atoms with E-state index in [0.29, 0.717) is 12.5 Å². The van der Waals surface area contributed by atoms with Crippen LogP contribution in [0.3, 0.4) is 0 Å². The van der Waals surface area contributed by atoms with Gasteiger partial charge in [-0.1, -0.05) is 18.2 Å². The van der Waals surface area contributed by atoms with Crippen molar-refractivity contribution in [2.24, 2.45) is 5.92 Å². The minimum absolute atomic E-state index is 0.121. The summed E-state index contributed by atoms with van der Waals surface area (Å²) in [4.78, 5) is 36.2. The summed E-state index contributed by atoms with van der Waals surface area (Å²) in [6.45, 7) is 2.40. The van der Waals surface area contributed by atoms with Crippen molar-refractivity contribution in [3.05, 3.63) is 89.7 Å². The Hall–Kier alpha value is -3.88. The van der Waals surface area contributed by atoms with Crippen LogP contribution >= 0.6 is 0 Å². The summed E-state index contributed by atoms with van der Waals surface area (Å²) in [5.41, 5.74) is 2.06. The molecule has 0 N–H and O–H groups in total. The van der Waals surface area contributed by atoms with Gasteiger partial charge in [0.05, 0.1) is 5.56 Å². The Morgan fingerprint density at radius 2 is 1.59 bits per heavy atom. The highest BCUT2D eigenvalue weighted by Crippen LogP contribution is 2.32. The molecule has 37 heavy (non-hydrogen) atoms. The first kappa shape index (κ1) is 24.8. The number of carbonyl (C=O) groups excluding carboxylic acids is 2. The molecule has 0 bridgehead atoms. The minimum atomic E-state index is -4.48. The molecule has 0 spiro atoms. The number of carbonyl (C=O) groups is 2.